The van der Waals surface area contributed by atoms with E-state index in [0.29, 0.717) is 0 Å². The lowest BCUT2D eigenvalue weighted by Gasteiger charge is -2.27. The minimum absolute atomic E-state index is 0.705. The summed E-state index contributed by atoms with van der Waals surface area (Å²) in [4.78, 5) is 4.41. The summed E-state index contributed by atoms with van der Waals surface area (Å²) in [6.07, 6.45) is 8.95. The molecule has 1 heterocycles. The molecule has 1 aromatic rings. The van der Waals surface area contributed by atoms with Gasteiger partial charge in [-0.25, -0.2) is 4.98 Å². The molecule has 2 unspecified atom stereocenters. The van der Waals surface area contributed by atoms with Crippen LogP contribution in [0.25, 0.3) is 0 Å². The molecule has 0 radical (unpaired) electrons. The van der Waals surface area contributed by atoms with Crippen LogP contribution in [0, 0.1) is 11.8 Å². The average molecular weight is 250 g/mol. The molecule has 1 aliphatic carbocycles. The SMILES string of the molecule is CCn1ccnc1C1(O)CCCC(C(C)C)CC1. The van der Waals surface area contributed by atoms with Gasteiger partial charge in [0, 0.05) is 18.9 Å². The molecule has 1 N–H and O–H groups in total. The molecule has 2 atom stereocenters. The number of aryl methyl sites for hydroxylation is 1. The van der Waals surface area contributed by atoms with Crippen molar-refractivity contribution in [1.82, 2.24) is 9.55 Å². The van der Waals surface area contributed by atoms with Crippen LogP contribution in [-0.4, -0.2) is 14.7 Å². The van der Waals surface area contributed by atoms with Crippen molar-refractivity contribution < 1.29 is 5.11 Å². The van der Waals surface area contributed by atoms with Gasteiger partial charge in [0.05, 0.1) is 0 Å². The number of aromatic nitrogens is 2. The molecule has 0 saturated heterocycles. The number of hydrogen-bond acceptors (Lipinski definition) is 2. The van der Waals surface area contributed by atoms with E-state index in [1.165, 1.54) is 6.42 Å². The van der Waals surface area contributed by atoms with Gasteiger partial charge in [-0.05, 0) is 44.4 Å². The highest BCUT2D eigenvalue weighted by Gasteiger charge is 2.36. The Morgan fingerprint density at radius 3 is 2.89 bits per heavy atom. The molecule has 2 rings (SSSR count). The van der Waals surface area contributed by atoms with Crippen molar-refractivity contribution in [2.24, 2.45) is 11.8 Å². The van der Waals surface area contributed by atoms with Crippen LogP contribution in [0.3, 0.4) is 0 Å². The van der Waals surface area contributed by atoms with E-state index in [2.05, 4.69) is 30.3 Å². The first-order chi connectivity index (χ1) is 8.57. The smallest absolute Gasteiger partial charge is 0.140 e. The van der Waals surface area contributed by atoms with Crippen LogP contribution >= 0.6 is 0 Å². The van der Waals surface area contributed by atoms with Crippen LogP contribution in [0.4, 0.5) is 0 Å². The highest BCUT2D eigenvalue weighted by molar-refractivity contribution is 5.06. The highest BCUT2D eigenvalue weighted by atomic mass is 16.3. The summed E-state index contributed by atoms with van der Waals surface area (Å²) >= 11 is 0. The molecule has 1 aromatic heterocycles. The van der Waals surface area contributed by atoms with Gasteiger partial charge >= 0.3 is 0 Å². The van der Waals surface area contributed by atoms with Gasteiger partial charge in [0.25, 0.3) is 0 Å². The third-order valence-electron chi connectivity index (χ3n) is 4.51. The third kappa shape index (κ3) is 2.61. The lowest BCUT2D eigenvalue weighted by molar-refractivity contribution is 0.00712. The fourth-order valence-electron chi connectivity index (χ4n) is 3.21. The summed E-state index contributed by atoms with van der Waals surface area (Å²) in [6.45, 7) is 7.57. The quantitative estimate of drug-likeness (QED) is 0.836. The lowest BCUT2D eigenvalue weighted by atomic mass is 9.87. The second-order valence-corrected chi connectivity index (χ2v) is 6.00. The summed E-state index contributed by atoms with van der Waals surface area (Å²) in [7, 11) is 0. The number of aliphatic hydroxyl groups is 1. The monoisotopic (exact) mass is 250 g/mol. The maximum Gasteiger partial charge on any atom is 0.140 e. The Balaban J connectivity index is 2.16. The molecule has 0 amide bonds. The Morgan fingerprint density at radius 1 is 1.44 bits per heavy atom. The summed E-state index contributed by atoms with van der Waals surface area (Å²) in [5.41, 5.74) is -0.705. The molecule has 18 heavy (non-hydrogen) atoms. The fourth-order valence-corrected chi connectivity index (χ4v) is 3.21. The summed E-state index contributed by atoms with van der Waals surface area (Å²) < 4.78 is 2.08. The van der Waals surface area contributed by atoms with Gasteiger partial charge in [0.15, 0.2) is 0 Å². The first kappa shape index (κ1) is 13.6. The van der Waals surface area contributed by atoms with E-state index in [1.54, 1.807) is 0 Å². The first-order valence-corrected chi connectivity index (χ1v) is 7.31. The Kier molecular flexibility index (Phi) is 4.10. The van der Waals surface area contributed by atoms with E-state index in [-0.39, 0.29) is 0 Å². The Hall–Kier alpha value is -0.830. The predicted molar refractivity (Wildman–Crippen MR) is 73.2 cm³/mol. The van der Waals surface area contributed by atoms with Crippen molar-refractivity contribution in [3.63, 3.8) is 0 Å². The fraction of sp³-hybridized carbons (Fsp3) is 0.800. The van der Waals surface area contributed by atoms with Crippen LogP contribution in [0.2, 0.25) is 0 Å². The zero-order chi connectivity index (χ0) is 13.2. The molecule has 0 spiro atoms. The molecule has 0 aliphatic heterocycles. The van der Waals surface area contributed by atoms with Crippen LogP contribution in [0.5, 0.6) is 0 Å². The second-order valence-electron chi connectivity index (χ2n) is 6.00. The molecule has 3 heteroatoms. The normalized spacial score (nSPS) is 29.5. The summed E-state index contributed by atoms with van der Waals surface area (Å²) in [6, 6.07) is 0. The largest absolute Gasteiger partial charge is 0.382 e. The number of hydrogen-bond donors (Lipinski definition) is 1. The molecule has 102 valence electrons. The lowest BCUT2D eigenvalue weighted by Crippen LogP contribution is -2.29. The predicted octanol–water partition coefficient (Wildman–Crippen LogP) is 3.33. The first-order valence-electron chi connectivity index (χ1n) is 7.31. The number of imidazole rings is 1. The minimum atomic E-state index is -0.705. The van der Waals surface area contributed by atoms with E-state index < -0.39 is 5.60 Å². The number of rotatable bonds is 3. The van der Waals surface area contributed by atoms with Crippen LogP contribution < -0.4 is 0 Å². The molecule has 3 nitrogen and oxygen atoms in total. The van der Waals surface area contributed by atoms with Gasteiger partial charge in [-0.1, -0.05) is 20.3 Å². The van der Waals surface area contributed by atoms with Crippen LogP contribution in [0.1, 0.15) is 58.7 Å². The second kappa shape index (κ2) is 5.43. The van der Waals surface area contributed by atoms with Crippen LogP contribution in [0.15, 0.2) is 12.4 Å². The Labute approximate surface area is 110 Å². The Bertz CT molecular complexity index is 386. The molecule has 0 bridgehead atoms. The summed E-state index contributed by atoms with van der Waals surface area (Å²) in [5, 5.41) is 10.9. The van der Waals surface area contributed by atoms with Crippen molar-refractivity contribution >= 4 is 0 Å². The van der Waals surface area contributed by atoms with Gasteiger partial charge < -0.3 is 9.67 Å². The van der Waals surface area contributed by atoms with Crippen LogP contribution in [-0.2, 0) is 12.1 Å². The van der Waals surface area contributed by atoms with Gasteiger partial charge in [-0.2, -0.15) is 0 Å². The molecule has 1 fully saturated rings. The van der Waals surface area contributed by atoms with E-state index in [4.69, 9.17) is 0 Å². The molecule has 1 aliphatic rings. The summed E-state index contributed by atoms with van der Waals surface area (Å²) in [5.74, 6) is 2.34. The maximum absolute atomic E-state index is 10.9. The third-order valence-corrected chi connectivity index (χ3v) is 4.51. The average Bonchev–Trinajstić information content (AvgIpc) is 2.73. The minimum Gasteiger partial charge on any atom is -0.382 e. The molecule has 1 saturated carbocycles. The topological polar surface area (TPSA) is 38.0 Å². The maximum atomic E-state index is 10.9. The van der Waals surface area contributed by atoms with Crippen molar-refractivity contribution in [3.05, 3.63) is 18.2 Å². The number of nitrogens with zero attached hydrogens (tertiary/aromatic N) is 2. The molecular formula is C15H26N2O. The van der Waals surface area contributed by atoms with Gasteiger partial charge in [0.2, 0.25) is 0 Å². The highest BCUT2D eigenvalue weighted by Crippen LogP contribution is 2.39. The van der Waals surface area contributed by atoms with Crippen molar-refractivity contribution in [2.75, 3.05) is 0 Å². The van der Waals surface area contributed by atoms with Gasteiger partial charge in [-0.3, -0.25) is 0 Å². The van der Waals surface area contributed by atoms with Gasteiger partial charge in [-0.15, -0.1) is 0 Å². The zero-order valence-electron chi connectivity index (χ0n) is 11.9. The van der Waals surface area contributed by atoms with E-state index >= 15 is 0 Å². The molecular weight excluding hydrogens is 224 g/mol. The van der Waals surface area contributed by atoms with Crippen molar-refractivity contribution in [3.8, 4) is 0 Å². The van der Waals surface area contributed by atoms with E-state index in [0.717, 1.165) is 49.9 Å². The van der Waals surface area contributed by atoms with Crippen molar-refractivity contribution in [2.45, 2.75) is 65.0 Å². The molecule has 0 aromatic carbocycles. The standard InChI is InChI=1S/C15H26N2O/c1-4-17-11-10-16-14(17)15(18)8-5-6-13(7-9-15)12(2)3/h10-13,18H,4-9H2,1-3H3. The van der Waals surface area contributed by atoms with Gasteiger partial charge in [0.1, 0.15) is 11.4 Å². The Morgan fingerprint density at radius 2 is 2.22 bits per heavy atom. The van der Waals surface area contributed by atoms with E-state index in [9.17, 15) is 5.11 Å². The van der Waals surface area contributed by atoms with E-state index in [1.807, 2.05) is 12.4 Å². The van der Waals surface area contributed by atoms with Crippen molar-refractivity contribution in [1.29, 1.82) is 0 Å². The zero-order valence-corrected chi connectivity index (χ0v) is 11.9.